The van der Waals surface area contributed by atoms with Crippen LogP contribution in [0, 0.1) is 27.4 Å². The Labute approximate surface area is 163 Å². The number of nitro benzene ring substituents is 1. The van der Waals surface area contributed by atoms with Crippen molar-refractivity contribution in [2.45, 2.75) is 12.3 Å². The molecule has 2 unspecified atom stereocenters. The Kier molecular flexibility index (Phi) is 5.64. The number of nitriles is 1. The first-order chi connectivity index (χ1) is 12.6. The number of rotatable bonds is 4. The van der Waals surface area contributed by atoms with Crippen molar-refractivity contribution in [2.75, 3.05) is 26.2 Å². The largest absolute Gasteiger partial charge is 0.493 e. The topological polar surface area (TPSA) is 79.4 Å². The predicted molar refractivity (Wildman–Crippen MR) is 103 cm³/mol. The molecule has 4 rings (SSSR count). The minimum Gasteiger partial charge on any atom is -0.493 e. The first-order valence-electron chi connectivity index (χ1n) is 8.76. The molecular formula is C20H20ClN3O3. The Bertz CT molecular complexity index is 879. The van der Waals surface area contributed by atoms with Gasteiger partial charge in [0.25, 0.3) is 5.69 Å². The second kappa shape index (κ2) is 7.95. The van der Waals surface area contributed by atoms with Gasteiger partial charge < -0.3 is 9.64 Å². The van der Waals surface area contributed by atoms with Gasteiger partial charge in [0, 0.05) is 49.2 Å². The molecule has 0 bridgehead atoms. The van der Waals surface area contributed by atoms with Gasteiger partial charge in [-0.15, -0.1) is 12.4 Å². The summed E-state index contributed by atoms with van der Waals surface area (Å²) in [6.07, 6.45) is 0.864. The monoisotopic (exact) mass is 385 g/mol. The molecule has 6 nitrogen and oxygen atoms in total. The van der Waals surface area contributed by atoms with Crippen LogP contribution < -0.4 is 4.74 Å². The van der Waals surface area contributed by atoms with Gasteiger partial charge in [-0.1, -0.05) is 12.1 Å². The summed E-state index contributed by atoms with van der Waals surface area (Å²) in [6.45, 7) is 3.58. The van der Waals surface area contributed by atoms with Crippen LogP contribution in [0.5, 0.6) is 5.75 Å². The van der Waals surface area contributed by atoms with Gasteiger partial charge in [-0.2, -0.15) is 5.26 Å². The molecule has 0 amide bonds. The molecular weight excluding hydrogens is 366 g/mol. The van der Waals surface area contributed by atoms with Crippen molar-refractivity contribution in [1.82, 2.24) is 4.90 Å². The number of hydrogen-bond acceptors (Lipinski definition) is 5. The van der Waals surface area contributed by atoms with Crippen LogP contribution in [0.2, 0.25) is 0 Å². The predicted octanol–water partition coefficient (Wildman–Crippen LogP) is 3.54. The summed E-state index contributed by atoms with van der Waals surface area (Å²) in [4.78, 5) is 12.8. The number of nitrogens with zero attached hydrogens (tertiary/aromatic N) is 3. The maximum Gasteiger partial charge on any atom is 0.269 e. The summed E-state index contributed by atoms with van der Waals surface area (Å²) in [7, 11) is 0. The van der Waals surface area contributed by atoms with E-state index in [1.54, 1.807) is 18.2 Å². The Morgan fingerprint density at radius 2 is 2.00 bits per heavy atom. The minimum atomic E-state index is -0.373. The highest BCUT2D eigenvalue weighted by atomic mass is 35.5. The molecule has 0 N–H and O–H groups in total. The van der Waals surface area contributed by atoms with E-state index in [-0.39, 0.29) is 23.0 Å². The van der Waals surface area contributed by atoms with Gasteiger partial charge in [-0.25, -0.2) is 0 Å². The zero-order chi connectivity index (χ0) is 18.1. The first-order valence-corrected chi connectivity index (χ1v) is 8.76. The molecule has 0 spiro atoms. The molecule has 2 aliphatic rings. The fraction of sp³-hybridized carbons (Fsp3) is 0.350. The molecule has 7 heteroatoms. The maximum atomic E-state index is 10.7. The number of non-ortho nitro benzene ring substituents is 1. The molecule has 0 aliphatic carbocycles. The lowest BCUT2D eigenvalue weighted by atomic mass is 9.86. The van der Waals surface area contributed by atoms with Gasteiger partial charge in [-0.05, 0) is 30.2 Å². The second-order valence-electron chi connectivity index (χ2n) is 6.98. The molecule has 2 atom stereocenters. The van der Waals surface area contributed by atoms with Crippen LogP contribution in [-0.4, -0.2) is 36.1 Å². The van der Waals surface area contributed by atoms with Gasteiger partial charge in [-0.3, -0.25) is 10.1 Å². The standard InChI is InChI=1S/C20H19N3O3.ClH/c21-10-15-3-6-20-18(9-15)19-12-22(11-16(19)13-26-20)8-7-14-1-4-17(5-2-14)23(24)25;/h1-6,9,16,19H,7-8,11-13H2;1H. The lowest BCUT2D eigenvalue weighted by Gasteiger charge is -2.27. The lowest BCUT2D eigenvalue weighted by molar-refractivity contribution is -0.384. The number of fused-ring (bicyclic) bond motifs is 3. The molecule has 0 saturated carbocycles. The van der Waals surface area contributed by atoms with Crippen LogP contribution in [0.3, 0.4) is 0 Å². The van der Waals surface area contributed by atoms with E-state index in [1.807, 2.05) is 24.3 Å². The van der Waals surface area contributed by atoms with Crippen molar-refractivity contribution in [2.24, 2.45) is 5.92 Å². The molecule has 2 aromatic carbocycles. The fourth-order valence-electron chi connectivity index (χ4n) is 3.97. The molecule has 2 heterocycles. The number of likely N-dealkylation sites (tertiary alicyclic amines) is 1. The molecule has 140 valence electrons. The van der Waals surface area contributed by atoms with Crippen molar-refractivity contribution < 1.29 is 9.66 Å². The summed E-state index contributed by atoms with van der Waals surface area (Å²) < 4.78 is 5.88. The van der Waals surface area contributed by atoms with E-state index in [0.29, 0.717) is 17.4 Å². The number of hydrogen-bond donors (Lipinski definition) is 0. The highest BCUT2D eigenvalue weighted by Crippen LogP contribution is 2.41. The van der Waals surface area contributed by atoms with Crippen molar-refractivity contribution in [3.05, 3.63) is 69.3 Å². The van der Waals surface area contributed by atoms with E-state index < -0.39 is 0 Å². The molecule has 1 saturated heterocycles. The van der Waals surface area contributed by atoms with E-state index in [9.17, 15) is 10.1 Å². The van der Waals surface area contributed by atoms with E-state index in [2.05, 4.69) is 11.0 Å². The highest BCUT2D eigenvalue weighted by molar-refractivity contribution is 5.85. The number of ether oxygens (including phenoxy) is 1. The van der Waals surface area contributed by atoms with Gasteiger partial charge in [0.2, 0.25) is 0 Å². The third kappa shape index (κ3) is 3.90. The van der Waals surface area contributed by atoms with E-state index in [4.69, 9.17) is 10.00 Å². The fourth-order valence-corrected chi connectivity index (χ4v) is 3.97. The van der Waals surface area contributed by atoms with Gasteiger partial charge >= 0.3 is 0 Å². The second-order valence-corrected chi connectivity index (χ2v) is 6.98. The summed E-state index contributed by atoms with van der Waals surface area (Å²) >= 11 is 0. The quantitative estimate of drug-likeness (QED) is 0.594. The third-order valence-electron chi connectivity index (χ3n) is 5.37. The molecule has 2 aliphatic heterocycles. The van der Waals surface area contributed by atoms with Gasteiger partial charge in [0.1, 0.15) is 5.75 Å². The van der Waals surface area contributed by atoms with Crippen molar-refractivity contribution in [3.8, 4) is 11.8 Å². The number of benzene rings is 2. The molecule has 0 aromatic heterocycles. The van der Waals surface area contributed by atoms with Crippen molar-refractivity contribution in [1.29, 1.82) is 5.26 Å². The maximum absolute atomic E-state index is 10.7. The van der Waals surface area contributed by atoms with Gasteiger partial charge in [0.15, 0.2) is 0 Å². The minimum absolute atomic E-state index is 0. The van der Waals surface area contributed by atoms with Crippen LogP contribution in [0.4, 0.5) is 5.69 Å². The summed E-state index contributed by atoms with van der Waals surface area (Å²) in [5.41, 5.74) is 3.06. The Morgan fingerprint density at radius 1 is 1.22 bits per heavy atom. The van der Waals surface area contributed by atoms with Crippen molar-refractivity contribution in [3.63, 3.8) is 0 Å². The zero-order valence-corrected chi connectivity index (χ0v) is 15.5. The Morgan fingerprint density at radius 3 is 2.70 bits per heavy atom. The average Bonchev–Trinajstić information content (AvgIpc) is 3.10. The SMILES string of the molecule is Cl.N#Cc1ccc2c(c1)C1CN(CCc3ccc([N+](=O)[O-])cc3)CC1CO2. The van der Waals surface area contributed by atoms with Gasteiger partial charge in [0.05, 0.1) is 23.2 Å². The average molecular weight is 386 g/mol. The van der Waals surface area contributed by atoms with Crippen LogP contribution in [0.1, 0.15) is 22.6 Å². The third-order valence-corrected chi connectivity index (χ3v) is 5.37. The smallest absolute Gasteiger partial charge is 0.269 e. The van der Waals surface area contributed by atoms with Crippen LogP contribution in [-0.2, 0) is 6.42 Å². The lowest BCUT2D eigenvalue weighted by Crippen LogP contribution is -2.25. The highest BCUT2D eigenvalue weighted by Gasteiger charge is 2.38. The molecule has 1 fully saturated rings. The molecule has 27 heavy (non-hydrogen) atoms. The van der Waals surface area contributed by atoms with E-state index in [0.717, 1.165) is 49.5 Å². The van der Waals surface area contributed by atoms with Crippen LogP contribution >= 0.6 is 12.4 Å². The summed E-state index contributed by atoms with van der Waals surface area (Å²) in [5, 5.41) is 19.9. The number of nitro groups is 1. The van der Waals surface area contributed by atoms with E-state index >= 15 is 0 Å². The molecule has 2 aromatic rings. The normalized spacial score (nSPS) is 20.6. The zero-order valence-electron chi connectivity index (χ0n) is 14.7. The Balaban J connectivity index is 0.00000210. The Hall–Kier alpha value is -2.62. The summed E-state index contributed by atoms with van der Waals surface area (Å²) in [6, 6.07) is 14.7. The number of halogens is 1. The summed E-state index contributed by atoms with van der Waals surface area (Å²) in [5.74, 6) is 1.76. The van der Waals surface area contributed by atoms with Crippen LogP contribution in [0.15, 0.2) is 42.5 Å². The van der Waals surface area contributed by atoms with E-state index in [1.165, 1.54) is 0 Å². The molecule has 0 radical (unpaired) electrons. The van der Waals surface area contributed by atoms with Crippen molar-refractivity contribution >= 4 is 18.1 Å². The first kappa shape index (κ1) is 19.2. The van der Waals surface area contributed by atoms with Crippen LogP contribution in [0.25, 0.3) is 0 Å².